The van der Waals surface area contributed by atoms with Crippen molar-refractivity contribution in [1.82, 2.24) is 15.3 Å². The first-order chi connectivity index (χ1) is 12.0. The zero-order chi connectivity index (χ0) is 19.5. The number of carbonyl (C=O) groups excluding carboxylic acids is 1. The maximum Gasteiger partial charge on any atom is 0.433 e. The minimum atomic E-state index is -4.50. The fourth-order valence-corrected chi connectivity index (χ4v) is 2.16. The fourth-order valence-electron chi connectivity index (χ4n) is 2.16. The van der Waals surface area contributed by atoms with Gasteiger partial charge in [0, 0.05) is 18.0 Å². The summed E-state index contributed by atoms with van der Waals surface area (Å²) in [7, 11) is 0. The summed E-state index contributed by atoms with van der Waals surface area (Å²) in [5.41, 5.74) is -0.132. The van der Waals surface area contributed by atoms with E-state index in [9.17, 15) is 18.0 Å². The lowest BCUT2D eigenvalue weighted by Gasteiger charge is -2.21. The Hall–Kier alpha value is -2.64. The van der Waals surface area contributed by atoms with Crippen molar-refractivity contribution in [1.29, 1.82) is 0 Å². The minimum absolute atomic E-state index is 0.360. The van der Waals surface area contributed by atoms with E-state index in [2.05, 4.69) is 15.3 Å². The van der Waals surface area contributed by atoms with Gasteiger partial charge in [-0.1, -0.05) is 6.07 Å². The topological polar surface area (TPSA) is 64.1 Å². The van der Waals surface area contributed by atoms with E-state index in [1.807, 2.05) is 0 Å². The van der Waals surface area contributed by atoms with Crippen molar-refractivity contribution in [2.75, 3.05) is 0 Å². The minimum Gasteiger partial charge on any atom is -0.444 e. The number of carbonyl (C=O) groups is 1. The van der Waals surface area contributed by atoms with Gasteiger partial charge in [0.1, 0.15) is 11.3 Å². The molecule has 2 rings (SSSR count). The smallest absolute Gasteiger partial charge is 0.433 e. The Kier molecular flexibility index (Phi) is 5.53. The number of amides is 1. The van der Waals surface area contributed by atoms with Gasteiger partial charge in [0.2, 0.25) is 0 Å². The molecule has 2 heterocycles. The number of hydrogen-bond acceptors (Lipinski definition) is 4. The van der Waals surface area contributed by atoms with Gasteiger partial charge in [-0.2, -0.15) is 13.2 Å². The molecule has 0 aromatic carbocycles. The molecule has 0 aliphatic rings. The molecule has 140 valence electrons. The Morgan fingerprint density at radius 3 is 2.35 bits per heavy atom. The van der Waals surface area contributed by atoms with Crippen LogP contribution in [0.1, 0.15) is 45.1 Å². The highest BCUT2D eigenvalue weighted by Crippen LogP contribution is 2.30. The molecule has 0 spiro atoms. The Labute approximate surface area is 149 Å². The molecule has 0 saturated carbocycles. The monoisotopic (exact) mass is 367 g/mol. The molecule has 1 atom stereocenters. The lowest BCUT2D eigenvalue weighted by atomic mass is 10.1. The summed E-state index contributed by atoms with van der Waals surface area (Å²) in [5.74, 6) is 0. The highest BCUT2D eigenvalue weighted by molar-refractivity contribution is 5.68. The molecule has 0 bridgehead atoms. The molecule has 0 saturated heterocycles. The zero-order valence-corrected chi connectivity index (χ0v) is 14.9. The summed E-state index contributed by atoms with van der Waals surface area (Å²) in [4.78, 5) is 19.3. The molecule has 2 aromatic heterocycles. The molecule has 0 aliphatic carbocycles. The second-order valence-electron chi connectivity index (χ2n) is 6.77. The van der Waals surface area contributed by atoms with Crippen LogP contribution in [0.4, 0.5) is 18.0 Å². The first kappa shape index (κ1) is 19.7. The van der Waals surface area contributed by atoms with E-state index >= 15 is 0 Å². The number of alkyl halides is 3. The molecule has 0 unspecified atom stereocenters. The average Bonchev–Trinajstić information content (AvgIpc) is 2.52. The standard InChI is InChI=1S/C18H20F3N3O2/c1-11(24-16(25)26-17(2,3)4)14-6-5-13(10-23-14)12-7-8-22-15(9-12)18(19,20)21/h5-11H,1-4H3,(H,24,25)/t11-/m0/s1. The number of aromatic nitrogens is 2. The van der Waals surface area contributed by atoms with Crippen LogP contribution in [0.3, 0.4) is 0 Å². The molecule has 2 aromatic rings. The molecular weight excluding hydrogens is 347 g/mol. The highest BCUT2D eigenvalue weighted by atomic mass is 19.4. The number of pyridine rings is 2. The molecule has 8 heteroatoms. The van der Waals surface area contributed by atoms with Gasteiger partial charge in [-0.3, -0.25) is 9.97 Å². The van der Waals surface area contributed by atoms with Crippen LogP contribution in [-0.4, -0.2) is 21.7 Å². The van der Waals surface area contributed by atoms with Crippen LogP contribution >= 0.6 is 0 Å². The largest absolute Gasteiger partial charge is 0.444 e. The molecule has 0 radical (unpaired) electrons. The summed E-state index contributed by atoms with van der Waals surface area (Å²) in [6.45, 7) is 7.01. The SMILES string of the molecule is C[C@H](NC(=O)OC(C)(C)C)c1ccc(-c2ccnc(C(F)(F)F)c2)cn1. The number of halogens is 3. The number of hydrogen-bond donors (Lipinski definition) is 1. The van der Waals surface area contributed by atoms with E-state index < -0.39 is 29.6 Å². The van der Waals surface area contributed by atoms with Gasteiger partial charge in [0.05, 0.1) is 11.7 Å². The number of ether oxygens (including phenoxy) is 1. The third kappa shape index (κ3) is 5.44. The number of rotatable bonds is 3. The molecule has 5 nitrogen and oxygen atoms in total. The summed E-state index contributed by atoms with van der Waals surface area (Å²) in [6, 6.07) is 5.32. The maximum absolute atomic E-state index is 12.8. The van der Waals surface area contributed by atoms with Crippen LogP contribution < -0.4 is 5.32 Å². The summed E-state index contributed by atoms with van der Waals surface area (Å²) in [5, 5.41) is 2.66. The van der Waals surface area contributed by atoms with Crippen molar-refractivity contribution < 1.29 is 22.7 Å². The van der Waals surface area contributed by atoms with E-state index in [1.165, 1.54) is 12.3 Å². The van der Waals surface area contributed by atoms with Crippen LogP contribution in [0.15, 0.2) is 36.7 Å². The second-order valence-corrected chi connectivity index (χ2v) is 6.77. The molecule has 0 fully saturated rings. The highest BCUT2D eigenvalue weighted by Gasteiger charge is 2.32. The zero-order valence-electron chi connectivity index (χ0n) is 14.9. The average molecular weight is 367 g/mol. The molecule has 1 N–H and O–H groups in total. The van der Waals surface area contributed by atoms with Crippen LogP contribution in [0.25, 0.3) is 11.1 Å². The van der Waals surface area contributed by atoms with Crippen molar-refractivity contribution >= 4 is 6.09 Å². The summed E-state index contributed by atoms with van der Waals surface area (Å²) >= 11 is 0. The van der Waals surface area contributed by atoms with Crippen molar-refractivity contribution in [2.45, 2.75) is 45.5 Å². The summed E-state index contributed by atoms with van der Waals surface area (Å²) in [6.07, 6.45) is -2.51. The van der Waals surface area contributed by atoms with Gasteiger partial charge < -0.3 is 10.1 Å². The third-order valence-corrected chi connectivity index (χ3v) is 3.35. The number of alkyl carbamates (subject to hydrolysis) is 1. The molecule has 1 amide bonds. The van der Waals surface area contributed by atoms with E-state index in [-0.39, 0.29) is 0 Å². The van der Waals surface area contributed by atoms with Crippen LogP contribution in [0.5, 0.6) is 0 Å². The fraction of sp³-hybridized carbons (Fsp3) is 0.389. The quantitative estimate of drug-likeness (QED) is 0.850. The molecular formula is C18H20F3N3O2. The van der Waals surface area contributed by atoms with Gasteiger partial charge in [0.15, 0.2) is 0 Å². The van der Waals surface area contributed by atoms with Crippen LogP contribution in [-0.2, 0) is 10.9 Å². The van der Waals surface area contributed by atoms with Gasteiger partial charge in [0.25, 0.3) is 0 Å². The van der Waals surface area contributed by atoms with Gasteiger partial charge in [-0.25, -0.2) is 4.79 Å². The summed E-state index contributed by atoms with van der Waals surface area (Å²) < 4.78 is 43.5. The Morgan fingerprint density at radius 1 is 1.12 bits per heavy atom. The van der Waals surface area contributed by atoms with Gasteiger partial charge in [-0.05, 0) is 51.5 Å². The number of nitrogens with one attached hydrogen (secondary N) is 1. The van der Waals surface area contributed by atoms with Gasteiger partial charge in [-0.15, -0.1) is 0 Å². The van der Waals surface area contributed by atoms with Crippen molar-refractivity contribution in [3.8, 4) is 11.1 Å². The van der Waals surface area contributed by atoms with E-state index in [0.717, 1.165) is 12.3 Å². The predicted molar refractivity (Wildman–Crippen MR) is 90.3 cm³/mol. The van der Waals surface area contributed by atoms with Crippen LogP contribution in [0.2, 0.25) is 0 Å². The Morgan fingerprint density at radius 2 is 1.81 bits per heavy atom. The van der Waals surface area contributed by atoms with E-state index in [4.69, 9.17) is 4.74 Å². The third-order valence-electron chi connectivity index (χ3n) is 3.35. The van der Waals surface area contributed by atoms with Crippen molar-refractivity contribution in [2.24, 2.45) is 0 Å². The van der Waals surface area contributed by atoms with E-state index in [1.54, 1.807) is 39.8 Å². The number of nitrogens with zero attached hydrogens (tertiary/aromatic N) is 2. The van der Waals surface area contributed by atoms with E-state index in [0.29, 0.717) is 16.8 Å². The Balaban J connectivity index is 2.12. The lowest BCUT2D eigenvalue weighted by molar-refractivity contribution is -0.141. The molecule has 0 aliphatic heterocycles. The van der Waals surface area contributed by atoms with Gasteiger partial charge >= 0.3 is 12.3 Å². The first-order valence-electron chi connectivity index (χ1n) is 7.95. The lowest BCUT2D eigenvalue weighted by Crippen LogP contribution is -2.34. The normalized spacial score (nSPS) is 13.2. The predicted octanol–water partition coefficient (Wildman–Crippen LogP) is 4.75. The first-order valence-corrected chi connectivity index (χ1v) is 7.95. The molecule has 26 heavy (non-hydrogen) atoms. The van der Waals surface area contributed by atoms with Crippen molar-refractivity contribution in [3.05, 3.63) is 48.0 Å². The Bertz CT molecular complexity index is 768. The second kappa shape index (κ2) is 7.31. The maximum atomic E-state index is 12.8. The van der Waals surface area contributed by atoms with Crippen molar-refractivity contribution in [3.63, 3.8) is 0 Å². The van der Waals surface area contributed by atoms with Crippen LogP contribution in [0, 0.1) is 0 Å².